The van der Waals surface area contributed by atoms with Crippen molar-refractivity contribution in [2.75, 3.05) is 7.11 Å². The summed E-state index contributed by atoms with van der Waals surface area (Å²) in [5, 5.41) is 0. The minimum Gasteiger partial charge on any atom is -0.496 e. The third kappa shape index (κ3) is 3.03. The van der Waals surface area contributed by atoms with Crippen molar-refractivity contribution < 1.29 is 22.7 Å². The van der Waals surface area contributed by atoms with Gasteiger partial charge in [-0.3, -0.25) is 4.79 Å². The highest BCUT2D eigenvalue weighted by Gasteiger charge is 2.41. The Hall–Kier alpha value is -1.52. The lowest BCUT2D eigenvalue weighted by molar-refractivity contribution is -0.0886. The lowest BCUT2D eigenvalue weighted by Gasteiger charge is -2.21. The Bertz CT molecular complexity index is 456. The number of ketones is 1. The van der Waals surface area contributed by atoms with Crippen LogP contribution in [0.1, 0.15) is 36.7 Å². The number of hydrogen-bond acceptors (Lipinski definition) is 2. The van der Waals surface area contributed by atoms with E-state index in [1.807, 2.05) is 20.8 Å². The van der Waals surface area contributed by atoms with Crippen LogP contribution in [-0.4, -0.2) is 19.1 Å². The number of Topliss-reactive ketones (excluding diaryl/α,β-unsaturated/α-hetero) is 1. The Morgan fingerprint density at radius 1 is 1.17 bits per heavy atom. The molecule has 2 nitrogen and oxygen atoms in total. The molecule has 18 heavy (non-hydrogen) atoms. The predicted molar refractivity (Wildman–Crippen MR) is 62.1 cm³/mol. The number of ether oxygens (including phenoxy) is 1. The number of carbonyl (C=O) groups is 1. The number of hydrogen-bond donors (Lipinski definition) is 0. The molecule has 0 atom stereocenters. The molecule has 0 aromatic heterocycles. The SMILES string of the molecule is COc1ccc(C(C)(C)C)cc1C(=O)C(F)(F)F. The second-order valence-corrected chi connectivity index (χ2v) is 4.99. The van der Waals surface area contributed by atoms with Gasteiger partial charge in [-0.15, -0.1) is 0 Å². The van der Waals surface area contributed by atoms with Gasteiger partial charge in [-0.1, -0.05) is 26.8 Å². The van der Waals surface area contributed by atoms with Gasteiger partial charge < -0.3 is 4.74 Å². The van der Waals surface area contributed by atoms with Crippen molar-refractivity contribution in [3.63, 3.8) is 0 Å². The molecule has 0 aliphatic carbocycles. The second-order valence-electron chi connectivity index (χ2n) is 4.99. The van der Waals surface area contributed by atoms with Crippen molar-refractivity contribution in [3.8, 4) is 5.75 Å². The zero-order valence-corrected chi connectivity index (χ0v) is 10.7. The molecule has 0 bridgehead atoms. The smallest absolute Gasteiger partial charge is 0.455 e. The van der Waals surface area contributed by atoms with E-state index in [0.29, 0.717) is 5.56 Å². The van der Waals surface area contributed by atoms with Gasteiger partial charge in [-0.25, -0.2) is 0 Å². The number of rotatable bonds is 2. The van der Waals surface area contributed by atoms with Gasteiger partial charge in [-0.2, -0.15) is 13.2 Å². The first-order valence-electron chi connectivity index (χ1n) is 5.37. The average molecular weight is 260 g/mol. The van der Waals surface area contributed by atoms with Crippen molar-refractivity contribution in [1.82, 2.24) is 0 Å². The van der Waals surface area contributed by atoms with Crippen molar-refractivity contribution >= 4 is 5.78 Å². The highest BCUT2D eigenvalue weighted by atomic mass is 19.4. The molecular weight excluding hydrogens is 245 g/mol. The molecule has 0 saturated heterocycles. The predicted octanol–water partition coefficient (Wildman–Crippen LogP) is 3.74. The maximum atomic E-state index is 12.5. The van der Waals surface area contributed by atoms with Crippen LogP contribution in [0.25, 0.3) is 0 Å². The maximum absolute atomic E-state index is 12.5. The van der Waals surface area contributed by atoms with Crippen LogP contribution in [-0.2, 0) is 5.41 Å². The van der Waals surface area contributed by atoms with E-state index in [2.05, 4.69) is 0 Å². The number of benzene rings is 1. The molecule has 0 spiro atoms. The third-order valence-corrected chi connectivity index (χ3v) is 2.57. The van der Waals surface area contributed by atoms with Crippen LogP contribution in [0.2, 0.25) is 0 Å². The highest BCUT2D eigenvalue weighted by molar-refractivity contribution is 6.02. The van der Waals surface area contributed by atoms with Gasteiger partial charge >= 0.3 is 6.18 Å². The first kappa shape index (κ1) is 14.5. The van der Waals surface area contributed by atoms with E-state index in [9.17, 15) is 18.0 Å². The standard InChI is InChI=1S/C13H15F3O2/c1-12(2,3)8-5-6-10(18-4)9(7-8)11(17)13(14,15)16/h5-7H,1-4H3. The summed E-state index contributed by atoms with van der Waals surface area (Å²) in [5.74, 6) is -1.95. The van der Waals surface area contributed by atoms with Gasteiger partial charge in [0, 0.05) is 0 Å². The van der Waals surface area contributed by atoms with E-state index in [1.54, 1.807) is 6.07 Å². The molecule has 0 aliphatic rings. The van der Waals surface area contributed by atoms with Gasteiger partial charge in [0.25, 0.3) is 5.78 Å². The highest BCUT2D eigenvalue weighted by Crippen LogP contribution is 2.32. The van der Waals surface area contributed by atoms with Crippen LogP contribution in [0.5, 0.6) is 5.75 Å². The van der Waals surface area contributed by atoms with Gasteiger partial charge in [0.1, 0.15) is 5.75 Å². The molecule has 5 heteroatoms. The number of carbonyl (C=O) groups excluding carboxylic acids is 1. The molecule has 0 fully saturated rings. The van der Waals surface area contributed by atoms with Gasteiger partial charge in [0.05, 0.1) is 12.7 Å². The fraction of sp³-hybridized carbons (Fsp3) is 0.462. The van der Waals surface area contributed by atoms with Crippen LogP contribution in [0.3, 0.4) is 0 Å². The molecule has 0 amide bonds. The van der Waals surface area contributed by atoms with Crippen molar-refractivity contribution in [1.29, 1.82) is 0 Å². The minimum absolute atomic E-state index is 0.0645. The summed E-state index contributed by atoms with van der Waals surface area (Å²) < 4.78 is 42.2. The summed E-state index contributed by atoms with van der Waals surface area (Å²) in [6.07, 6.45) is -4.90. The van der Waals surface area contributed by atoms with Gasteiger partial charge in [0.15, 0.2) is 0 Å². The zero-order chi connectivity index (χ0) is 14.1. The Morgan fingerprint density at radius 3 is 2.11 bits per heavy atom. The van der Waals surface area contributed by atoms with Crippen LogP contribution >= 0.6 is 0 Å². The fourth-order valence-electron chi connectivity index (χ4n) is 1.50. The molecule has 1 rings (SSSR count). The lowest BCUT2D eigenvalue weighted by Crippen LogP contribution is -2.24. The molecule has 0 aliphatic heterocycles. The minimum atomic E-state index is -4.90. The molecular formula is C13H15F3O2. The summed E-state index contributed by atoms with van der Waals surface area (Å²) in [4.78, 5) is 11.3. The van der Waals surface area contributed by atoms with Crippen molar-refractivity contribution in [3.05, 3.63) is 29.3 Å². The Morgan fingerprint density at radius 2 is 1.72 bits per heavy atom. The molecule has 100 valence electrons. The first-order valence-corrected chi connectivity index (χ1v) is 5.37. The summed E-state index contributed by atoms with van der Waals surface area (Å²) in [6, 6.07) is 4.29. The number of methoxy groups -OCH3 is 1. The van der Waals surface area contributed by atoms with Crippen molar-refractivity contribution in [2.24, 2.45) is 0 Å². The van der Waals surface area contributed by atoms with E-state index in [0.717, 1.165) is 0 Å². The summed E-state index contributed by atoms with van der Waals surface area (Å²) >= 11 is 0. The molecule has 0 radical (unpaired) electrons. The average Bonchev–Trinajstić information content (AvgIpc) is 2.24. The normalized spacial score (nSPS) is 12.4. The lowest BCUT2D eigenvalue weighted by atomic mass is 9.85. The Kier molecular flexibility index (Phi) is 3.74. The molecule has 0 saturated carbocycles. The summed E-state index contributed by atoms with van der Waals surface area (Å²) in [6.45, 7) is 5.57. The molecule has 0 heterocycles. The van der Waals surface area contributed by atoms with E-state index in [4.69, 9.17) is 4.74 Å². The van der Waals surface area contributed by atoms with Crippen molar-refractivity contribution in [2.45, 2.75) is 32.4 Å². The molecule has 1 aromatic rings. The van der Waals surface area contributed by atoms with Gasteiger partial charge in [0.2, 0.25) is 0 Å². The van der Waals surface area contributed by atoms with E-state index in [1.165, 1.54) is 19.2 Å². The second kappa shape index (κ2) is 4.63. The largest absolute Gasteiger partial charge is 0.496 e. The monoisotopic (exact) mass is 260 g/mol. The number of halogens is 3. The Balaban J connectivity index is 3.36. The molecule has 1 aromatic carbocycles. The van der Waals surface area contributed by atoms with E-state index >= 15 is 0 Å². The van der Waals surface area contributed by atoms with Crippen LogP contribution in [0, 0.1) is 0 Å². The van der Waals surface area contributed by atoms with E-state index in [-0.39, 0.29) is 11.2 Å². The number of alkyl halides is 3. The molecule has 0 N–H and O–H groups in total. The fourth-order valence-corrected chi connectivity index (χ4v) is 1.50. The summed E-state index contributed by atoms with van der Waals surface area (Å²) in [5.41, 5.74) is -0.138. The zero-order valence-electron chi connectivity index (χ0n) is 10.7. The third-order valence-electron chi connectivity index (χ3n) is 2.57. The van der Waals surface area contributed by atoms with Crippen LogP contribution in [0.4, 0.5) is 13.2 Å². The van der Waals surface area contributed by atoms with Gasteiger partial charge in [-0.05, 0) is 23.1 Å². The van der Waals surface area contributed by atoms with Crippen LogP contribution < -0.4 is 4.74 Å². The topological polar surface area (TPSA) is 26.3 Å². The Labute approximate surface area is 104 Å². The maximum Gasteiger partial charge on any atom is 0.455 e. The first-order chi connectivity index (χ1) is 8.07. The van der Waals surface area contributed by atoms with Crippen LogP contribution in [0.15, 0.2) is 18.2 Å². The quantitative estimate of drug-likeness (QED) is 0.757. The summed E-state index contributed by atoms with van der Waals surface area (Å²) in [7, 11) is 1.24. The molecule has 0 unspecified atom stereocenters. The van der Waals surface area contributed by atoms with E-state index < -0.39 is 17.5 Å².